The largest absolute Gasteiger partial charge is 0.352 e. The fourth-order valence-corrected chi connectivity index (χ4v) is 2.77. The number of nitrogens with zero attached hydrogens (tertiary/aromatic N) is 3. The molecule has 0 unspecified atom stereocenters. The van der Waals surface area contributed by atoms with Gasteiger partial charge in [0.05, 0.1) is 6.54 Å². The number of amides is 2. The van der Waals surface area contributed by atoms with Gasteiger partial charge >= 0.3 is 0 Å². The van der Waals surface area contributed by atoms with Crippen molar-refractivity contribution in [3.05, 3.63) is 47.1 Å². The van der Waals surface area contributed by atoms with Gasteiger partial charge in [0.2, 0.25) is 5.89 Å². The van der Waals surface area contributed by atoms with E-state index in [1.165, 1.54) is 7.05 Å². The Kier molecular flexibility index (Phi) is 4.23. The van der Waals surface area contributed by atoms with E-state index in [0.29, 0.717) is 5.56 Å². The highest BCUT2D eigenvalue weighted by Crippen LogP contribution is 2.41. The molecule has 0 radical (unpaired) electrons. The highest BCUT2D eigenvalue weighted by molar-refractivity contribution is 5.95. The van der Waals surface area contributed by atoms with E-state index in [9.17, 15) is 18.4 Å². The predicted molar refractivity (Wildman–Crippen MR) is 82.2 cm³/mol. The Morgan fingerprint density at radius 3 is 2.84 bits per heavy atom. The number of halogens is 2. The summed E-state index contributed by atoms with van der Waals surface area (Å²) in [6, 6.07) is 5.59. The van der Waals surface area contributed by atoms with Crippen LogP contribution in [0.2, 0.25) is 0 Å². The van der Waals surface area contributed by atoms with Crippen LogP contribution < -0.4 is 5.32 Å². The van der Waals surface area contributed by atoms with Gasteiger partial charge in [-0.2, -0.15) is 4.98 Å². The fourth-order valence-electron chi connectivity index (χ4n) is 2.77. The standard InChI is InChI=1S/C16H16F2N4O3/c1-9-4-3-5-10(6-9)15(24)22-8-16(17,18)7-11(22)14-20-12(21-25-14)13(23)19-2/h3-6,11H,7-8H2,1-2H3,(H,19,23)/t11-/m0/s1. The molecule has 0 spiro atoms. The minimum absolute atomic E-state index is 0.184. The summed E-state index contributed by atoms with van der Waals surface area (Å²) in [5, 5.41) is 5.79. The van der Waals surface area contributed by atoms with Crippen molar-refractivity contribution in [2.24, 2.45) is 0 Å². The van der Waals surface area contributed by atoms with E-state index in [0.717, 1.165) is 10.5 Å². The number of carbonyl (C=O) groups excluding carboxylic acids is 2. The van der Waals surface area contributed by atoms with Crippen LogP contribution in [-0.4, -0.2) is 46.4 Å². The zero-order valence-electron chi connectivity index (χ0n) is 13.6. The minimum atomic E-state index is -3.08. The molecule has 0 saturated carbocycles. The van der Waals surface area contributed by atoms with Gasteiger partial charge in [0.15, 0.2) is 0 Å². The second-order valence-corrected chi connectivity index (χ2v) is 5.91. The first-order valence-corrected chi connectivity index (χ1v) is 7.62. The Morgan fingerprint density at radius 2 is 2.16 bits per heavy atom. The molecule has 1 aliphatic heterocycles. The van der Waals surface area contributed by atoms with E-state index in [1.807, 2.05) is 0 Å². The number of hydrogen-bond acceptors (Lipinski definition) is 5. The number of benzene rings is 1. The van der Waals surface area contributed by atoms with Crippen LogP contribution in [0.15, 0.2) is 28.8 Å². The van der Waals surface area contributed by atoms with Crippen molar-refractivity contribution in [2.75, 3.05) is 13.6 Å². The number of likely N-dealkylation sites (tertiary alicyclic amines) is 1. The van der Waals surface area contributed by atoms with Gasteiger partial charge in [0.25, 0.3) is 23.6 Å². The van der Waals surface area contributed by atoms with Gasteiger partial charge in [-0.05, 0) is 19.1 Å². The summed E-state index contributed by atoms with van der Waals surface area (Å²) in [7, 11) is 1.38. The average molecular weight is 350 g/mol. The van der Waals surface area contributed by atoms with Crippen LogP contribution in [-0.2, 0) is 0 Å². The van der Waals surface area contributed by atoms with Crippen molar-refractivity contribution in [1.29, 1.82) is 0 Å². The molecule has 3 rings (SSSR count). The normalized spacial score (nSPS) is 19.0. The summed E-state index contributed by atoms with van der Waals surface area (Å²) < 4.78 is 32.9. The number of rotatable bonds is 3. The molecule has 1 atom stereocenters. The van der Waals surface area contributed by atoms with Crippen molar-refractivity contribution >= 4 is 11.8 Å². The molecule has 1 fully saturated rings. The van der Waals surface area contributed by atoms with Gasteiger partial charge in [0.1, 0.15) is 6.04 Å². The number of hydrogen-bond donors (Lipinski definition) is 1. The SMILES string of the molecule is CNC(=O)c1noc([C@@H]2CC(F)(F)CN2C(=O)c2cccc(C)c2)n1. The lowest BCUT2D eigenvalue weighted by Gasteiger charge is -2.21. The zero-order valence-corrected chi connectivity index (χ0v) is 13.6. The molecule has 1 aromatic carbocycles. The first-order valence-electron chi connectivity index (χ1n) is 7.62. The molecular weight excluding hydrogens is 334 g/mol. The van der Waals surface area contributed by atoms with E-state index in [-0.39, 0.29) is 11.7 Å². The number of carbonyl (C=O) groups is 2. The predicted octanol–water partition coefficient (Wildman–Crippen LogP) is 1.96. The summed E-state index contributed by atoms with van der Waals surface area (Å²) in [5.41, 5.74) is 1.14. The summed E-state index contributed by atoms with van der Waals surface area (Å²) in [5.74, 6) is -4.68. The molecule has 1 aliphatic rings. The molecular formula is C16H16F2N4O3. The molecule has 2 heterocycles. The van der Waals surface area contributed by atoms with Crippen molar-refractivity contribution in [3.63, 3.8) is 0 Å². The van der Waals surface area contributed by atoms with Crippen molar-refractivity contribution in [1.82, 2.24) is 20.4 Å². The van der Waals surface area contributed by atoms with E-state index in [1.54, 1.807) is 31.2 Å². The van der Waals surface area contributed by atoms with Crippen LogP contribution in [0.3, 0.4) is 0 Å². The molecule has 2 aromatic rings. The quantitative estimate of drug-likeness (QED) is 0.914. The van der Waals surface area contributed by atoms with E-state index in [2.05, 4.69) is 15.5 Å². The molecule has 25 heavy (non-hydrogen) atoms. The lowest BCUT2D eigenvalue weighted by Crippen LogP contribution is -2.33. The fraction of sp³-hybridized carbons (Fsp3) is 0.375. The molecule has 2 amide bonds. The number of nitrogens with one attached hydrogen (secondary N) is 1. The summed E-state index contributed by atoms with van der Waals surface area (Å²) in [6.45, 7) is 1.06. The first kappa shape index (κ1) is 17.0. The highest BCUT2D eigenvalue weighted by Gasteiger charge is 2.50. The minimum Gasteiger partial charge on any atom is -0.352 e. The monoisotopic (exact) mass is 350 g/mol. The molecule has 0 bridgehead atoms. The molecule has 132 valence electrons. The van der Waals surface area contributed by atoms with E-state index in [4.69, 9.17) is 4.52 Å². The van der Waals surface area contributed by atoms with Gasteiger partial charge in [0, 0.05) is 19.0 Å². The maximum atomic E-state index is 14.0. The molecule has 9 heteroatoms. The number of alkyl halides is 2. The van der Waals surface area contributed by atoms with Gasteiger partial charge < -0.3 is 14.7 Å². The van der Waals surface area contributed by atoms with Gasteiger partial charge in [-0.3, -0.25) is 9.59 Å². The third-order valence-electron chi connectivity index (χ3n) is 3.95. The van der Waals surface area contributed by atoms with Gasteiger partial charge in [-0.25, -0.2) is 8.78 Å². The third kappa shape index (κ3) is 3.35. The Labute approximate surface area is 142 Å². The maximum absolute atomic E-state index is 14.0. The van der Waals surface area contributed by atoms with Crippen LogP contribution in [0.25, 0.3) is 0 Å². The number of aryl methyl sites for hydroxylation is 1. The van der Waals surface area contributed by atoms with E-state index >= 15 is 0 Å². The van der Waals surface area contributed by atoms with E-state index < -0.39 is 36.7 Å². The van der Waals surface area contributed by atoms with Crippen LogP contribution in [0.5, 0.6) is 0 Å². The second-order valence-electron chi connectivity index (χ2n) is 5.91. The smallest absolute Gasteiger partial charge is 0.292 e. The van der Waals surface area contributed by atoms with Gasteiger partial charge in [-0.1, -0.05) is 22.9 Å². The van der Waals surface area contributed by atoms with Crippen LogP contribution in [0.4, 0.5) is 8.78 Å². The molecule has 7 nitrogen and oxygen atoms in total. The summed E-state index contributed by atoms with van der Waals surface area (Å²) in [6.07, 6.45) is -0.639. The Bertz CT molecular complexity index is 821. The van der Waals surface area contributed by atoms with Crippen molar-refractivity contribution in [3.8, 4) is 0 Å². The van der Waals surface area contributed by atoms with Crippen molar-refractivity contribution < 1.29 is 22.9 Å². The van der Waals surface area contributed by atoms with Crippen LogP contribution in [0, 0.1) is 6.92 Å². The third-order valence-corrected chi connectivity index (χ3v) is 3.95. The molecule has 0 aliphatic carbocycles. The van der Waals surface area contributed by atoms with Gasteiger partial charge in [-0.15, -0.1) is 0 Å². The highest BCUT2D eigenvalue weighted by atomic mass is 19.3. The summed E-state index contributed by atoms with van der Waals surface area (Å²) in [4.78, 5) is 29.1. The topological polar surface area (TPSA) is 88.3 Å². The van der Waals surface area contributed by atoms with Crippen molar-refractivity contribution in [2.45, 2.75) is 25.3 Å². The Balaban J connectivity index is 1.92. The Morgan fingerprint density at radius 1 is 1.40 bits per heavy atom. The summed E-state index contributed by atoms with van der Waals surface area (Å²) >= 11 is 0. The molecule has 1 N–H and O–H groups in total. The second kappa shape index (κ2) is 6.23. The molecule has 1 saturated heterocycles. The average Bonchev–Trinajstić information content (AvgIpc) is 3.17. The maximum Gasteiger partial charge on any atom is 0.292 e. The first-order chi connectivity index (χ1) is 11.8. The number of aromatic nitrogens is 2. The lowest BCUT2D eigenvalue weighted by molar-refractivity contribution is 0.0117. The zero-order chi connectivity index (χ0) is 18.2. The van der Waals surface area contributed by atoms with Crippen LogP contribution >= 0.6 is 0 Å². The van der Waals surface area contributed by atoms with Crippen LogP contribution in [0.1, 0.15) is 44.9 Å². The Hall–Kier alpha value is -2.84. The molecule has 1 aromatic heterocycles. The lowest BCUT2D eigenvalue weighted by atomic mass is 10.1.